The van der Waals surface area contributed by atoms with Crippen LogP contribution in [0.25, 0.3) is 0 Å². The van der Waals surface area contributed by atoms with Crippen LogP contribution in [0, 0.1) is 0 Å². The zero-order valence-corrected chi connectivity index (χ0v) is 15.5. The summed E-state index contributed by atoms with van der Waals surface area (Å²) in [5.74, 6) is -0.826. The third-order valence-corrected chi connectivity index (χ3v) is 5.17. The van der Waals surface area contributed by atoms with Crippen LogP contribution in [-0.2, 0) is 9.47 Å². The molecule has 0 aromatic heterocycles. The number of hydrogen-bond acceptors (Lipinski definition) is 7. The van der Waals surface area contributed by atoms with Crippen molar-refractivity contribution in [1.29, 1.82) is 0 Å². The van der Waals surface area contributed by atoms with Gasteiger partial charge in [-0.2, -0.15) is 0 Å². The maximum absolute atomic E-state index is 13.0. The van der Waals surface area contributed by atoms with E-state index in [0.717, 1.165) is 0 Å². The smallest absolute Gasteiger partial charge is 0.229 e. The minimum absolute atomic E-state index is 0.0335. The Kier molecular flexibility index (Phi) is 4.72. The molecule has 26 heavy (non-hydrogen) atoms. The molecule has 0 saturated heterocycles. The zero-order valence-electron chi connectivity index (χ0n) is 14.8. The molecule has 140 valence electrons. The quantitative estimate of drug-likeness (QED) is 0.629. The van der Waals surface area contributed by atoms with Gasteiger partial charge in [-0.25, -0.2) is 0 Å². The van der Waals surface area contributed by atoms with E-state index in [4.69, 9.17) is 30.5 Å². The van der Waals surface area contributed by atoms with Gasteiger partial charge in [-0.05, 0) is 19.9 Å². The monoisotopic (exact) mass is 382 g/mol. The highest BCUT2D eigenvalue weighted by Gasteiger charge is 2.50. The summed E-state index contributed by atoms with van der Waals surface area (Å²) in [6, 6.07) is 2.91. The highest BCUT2D eigenvalue weighted by Crippen LogP contribution is 2.43. The fourth-order valence-corrected chi connectivity index (χ4v) is 3.24. The molecule has 1 aromatic rings. The van der Waals surface area contributed by atoms with Crippen LogP contribution in [0.2, 0.25) is 0 Å². The van der Waals surface area contributed by atoms with Crippen LogP contribution in [0.5, 0.6) is 11.5 Å². The molecule has 2 aliphatic rings. The zero-order chi connectivity index (χ0) is 19.2. The van der Waals surface area contributed by atoms with E-state index < -0.39 is 28.6 Å². The van der Waals surface area contributed by atoms with Gasteiger partial charge in [0.2, 0.25) is 5.78 Å². The second-order valence-corrected chi connectivity index (χ2v) is 7.02. The number of halogens is 1. The second kappa shape index (κ2) is 6.57. The number of methoxy groups -OCH3 is 2. The summed E-state index contributed by atoms with van der Waals surface area (Å²) in [4.78, 5) is 26.0. The van der Waals surface area contributed by atoms with Gasteiger partial charge in [0.05, 0.1) is 18.2 Å². The van der Waals surface area contributed by atoms with Gasteiger partial charge in [0.25, 0.3) is 0 Å². The third-order valence-electron chi connectivity index (χ3n) is 4.41. The molecule has 1 aromatic carbocycles. The van der Waals surface area contributed by atoms with Gasteiger partial charge in [-0.1, -0.05) is 0 Å². The normalized spacial score (nSPS) is 23.9. The standard InChI is InChI=1S/C18H19ClO7/c1-18(2)17(19)15(22)12-14(21)11-9(13(20)16(12)26-18)5-8(25-7-23-3)6-10(11)24-4/h5-6,15,17,22H,7H2,1-4H3/t15-,17+/m1/s1. The predicted molar refractivity (Wildman–Crippen MR) is 92.0 cm³/mol. The van der Waals surface area contributed by atoms with Crippen LogP contribution in [0.15, 0.2) is 23.5 Å². The van der Waals surface area contributed by atoms with Crippen LogP contribution in [-0.4, -0.2) is 54.8 Å². The molecular weight excluding hydrogens is 364 g/mol. The Bertz CT molecular complexity index is 812. The Morgan fingerprint density at radius 3 is 2.54 bits per heavy atom. The number of ether oxygens (including phenoxy) is 4. The topological polar surface area (TPSA) is 91.3 Å². The number of alkyl halides is 1. The Hall–Kier alpha value is -2.09. The summed E-state index contributed by atoms with van der Waals surface area (Å²) in [5.41, 5.74) is -1.05. The van der Waals surface area contributed by atoms with Gasteiger partial charge < -0.3 is 24.1 Å². The van der Waals surface area contributed by atoms with Crippen molar-refractivity contribution in [2.45, 2.75) is 30.9 Å². The Morgan fingerprint density at radius 2 is 1.92 bits per heavy atom. The summed E-state index contributed by atoms with van der Waals surface area (Å²) >= 11 is 6.24. The lowest BCUT2D eigenvalue weighted by Gasteiger charge is -2.41. The molecule has 2 atom stereocenters. The van der Waals surface area contributed by atoms with Crippen molar-refractivity contribution in [1.82, 2.24) is 0 Å². The molecule has 3 rings (SSSR count). The Morgan fingerprint density at radius 1 is 1.23 bits per heavy atom. The molecule has 1 aliphatic heterocycles. The van der Waals surface area contributed by atoms with E-state index >= 15 is 0 Å². The van der Waals surface area contributed by atoms with Crippen molar-refractivity contribution in [2.75, 3.05) is 21.0 Å². The lowest BCUT2D eigenvalue weighted by atomic mass is 9.80. The summed E-state index contributed by atoms with van der Waals surface area (Å²) < 4.78 is 21.2. The summed E-state index contributed by atoms with van der Waals surface area (Å²) in [7, 11) is 2.84. The van der Waals surface area contributed by atoms with Crippen molar-refractivity contribution in [3.63, 3.8) is 0 Å². The number of allylic oxidation sites excluding steroid dienone is 1. The summed E-state index contributed by atoms with van der Waals surface area (Å²) in [6.45, 7) is 3.25. The number of carbonyl (C=O) groups excluding carboxylic acids is 2. The molecule has 1 heterocycles. The largest absolute Gasteiger partial charge is 0.496 e. The van der Waals surface area contributed by atoms with Crippen molar-refractivity contribution in [2.24, 2.45) is 0 Å². The molecule has 7 nitrogen and oxygen atoms in total. The molecule has 0 spiro atoms. The SMILES string of the molecule is COCOc1cc(OC)c2c(c1)C(=O)C1=C(C2=O)[C@@H](O)[C@H](Cl)C(C)(C)O1. The number of carbonyl (C=O) groups is 2. The fourth-order valence-electron chi connectivity index (χ4n) is 3.07. The average Bonchev–Trinajstić information content (AvgIpc) is 2.61. The highest BCUT2D eigenvalue weighted by atomic mass is 35.5. The van der Waals surface area contributed by atoms with Crippen molar-refractivity contribution >= 4 is 23.2 Å². The Labute approximate surface area is 155 Å². The van der Waals surface area contributed by atoms with Crippen LogP contribution in [0.1, 0.15) is 34.6 Å². The number of Topliss-reactive ketones (excluding diaryl/α,β-unsaturated/α-hetero) is 2. The molecule has 0 bridgehead atoms. The fraction of sp³-hybridized carbons (Fsp3) is 0.444. The van der Waals surface area contributed by atoms with Crippen LogP contribution < -0.4 is 9.47 Å². The number of benzene rings is 1. The summed E-state index contributed by atoms with van der Waals surface area (Å²) in [6.07, 6.45) is -1.34. The minimum atomic E-state index is -1.34. The van der Waals surface area contributed by atoms with E-state index in [2.05, 4.69) is 0 Å². The average molecular weight is 383 g/mol. The minimum Gasteiger partial charge on any atom is -0.496 e. The van der Waals surface area contributed by atoms with Crippen molar-refractivity contribution < 1.29 is 33.6 Å². The van der Waals surface area contributed by atoms with Gasteiger partial charge in [0.1, 0.15) is 28.6 Å². The molecular formula is C18H19ClO7. The van der Waals surface area contributed by atoms with Crippen LogP contribution >= 0.6 is 11.6 Å². The van der Waals surface area contributed by atoms with E-state index in [1.54, 1.807) is 13.8 Å². The van der Waals surface area contributed by atoms with Crippen LogP contribution in [0.3, 0.4) is 0 Å². The number of hydrogen-bond donors (Lipinski definition) is 1. The summed E-state index contributed by atoms with van der Waals surface area (Å²) in [5, 5.41) is 9.64. The first-order valence-corrected chi connectivity index (χ1v) is 8.35. The first-order chi connectivity index (χ1) is 12.2. The first kappa shape index (κ1) is 18.7. The maximum atomic E-state index is 13.0. The van der Waals surface area contributed by atoms with Gasteiger partial charge in [0.15, 0.2) is 18.3 Å². The van der Waals surface area contributed by atoms with E-state index in [9.17, 15) is 14.7 Å². The predicted octanol–water partition coefficient (Wildman–Crippen LogP) is 2.09. The van der Waals surface area contributed by atoms with Gasteiger partial charge in [-0.15, -0.1) is 11.6 Å². The Balaban J connectivity index is 2.17. The number of aliphatic hydroxyl groups is 1. The lowest BCUT2D eigenvalue weighted by Crippen LogP contribution is -2.51. The third kappa shape index (κ3) is 2.76. The highest BCUT2D eigenvalue weighted by molar-refractivity contribution is 6.29. The van der Waals surface area contributed by atoms with Gasteiger partial charge >= 0.3 is 0 Å². The number of ketones is 2. The molecule has 0 fully saturated rings. The number of aliphatic hydroxyl groups excluding tert-OH is 1. The molecule has 1 aliphatic carbocycles. The van der Waals surface area contributed by atoms with E-state index in [1.807, 2.05) is 0 Å². The lowest BCUT2D eigenvalue weighted by molar-refractivity contribution is -0.0207. The molecule has 0 unspecified atom stereocenters. The van der Waals surface area contributed by atoms with Gasteiger partial charge in [-0.3, -0.25) is 9.59 Å². The first-order valence-electron chi connectivity index (χ1n) is 7.91. The maximum Gasteiger partial charge on any atom is 0.229 e. The molecule has 0 radical (unpaired) electrons. The molecule has 0 amide bonds. The van der Waals surface area contributed by atoms with E-state index in [1.165, 1.54) is 26.4 Å². The van der Waals surface area contributed by atoms with Crippen molar-refractivity contribution in [3.8, 4) is 11.5 Å². The van der Waals surface area contributed by atoms with Crippen molar-refractivity contribution in [3.05, 3.63) is 34.6 Å². The second-order valence-electron chi connectivity index (χ2n) is 6.55. The van der Waals surface area contributed by atoms with Gasteiger partial charge in [0, 0.05) is 18.7 Å². The number of fused-ring (bicyclic) bond motifs is 1. The number of rotatable bonds is 4. The molecule has 1 N–H and O–H groups in total. The molecule has 0 saturated carbocycles. The van der Waals surface area contributed by atoms with E-state index in [-0.39, 0.29) is 35.0 Å². The van der Waals surface area contributed by atoms with Crippen LogP contribution in [0.4, 0.5) is 0 Å². The van der Waals surface area contributed by atoms with E-state index in [0.29, 0.717) is 5.75 Å². The molecule has 8 heteroatoms.